The molecule has 1 saturated heterocycles. The Hall–Kier alpha value is -3.09. The number of rotatable bonds is 2. The number of carbonyl (C=O) groups excluding carboxylic acids is 2. The van der Waals surface area contributed by atoms with Crippen LogP contribution < -0.4 is 5.32 Å². The molecule has 1 spiro atoms. The van der Waals surface area contributed by atoms with Crippen LogP contribution in [-0.2, 0) is 4.79 Å². The van der Waals surface area contributed by atoms with Crippen LogP contribution in [0.15, 0.2) is 54.0 Å². The Balaban J connectivity index is 1.57. The Morgan fingerprint density at radius 1 is 1.17 bits per heavy atom. The first kappa shape index (κ1) is 14.5. The zero-order valence-corrected chi connectivity index (χ0v) is 12.8. The van der Waals surface area contributed by atoms with Gasteiger partial charge in [-0.25, -0.2) is 4.99 Å². The number of hydrogen-bond acceptors (Lipinski definition) is 5. The predicted octanol–water partition coefficient (Wildman–Crippen LogP) is 0.638. The van der Waals surface area contributed by atoms with Crippen LogP contribution in [0.4, 0.5) is 0 Å². The SMILES string of the molecule is O=C1NC2(CCN(C(=O)c3cccnc3)C2)N=C1c1ccncc1. The van der Waals surface area contributed by atoms with Gasteiger partial charge in [-0.05, 0) is 24.3 Å². The Labute approximate surface area is 138 Å². The van der Waals surface area contributed by atoms with Gasteiger partial charge in [-0.2, -0.15) is 0 Å². The molecule has 0 aromatic carbocycles. The summed E-state index contributed by atoms with van der Waals surface area (Å²) in [7, 11) is 0. The van der Waals surface area contributed by atoms with Crippen molar-refractivity contribution in [2.45, 2.75) is 12.1 Å². The fourth-order valence-electron chi connectivity index (χ4n) is 3.10. The van der Waals surface area contributed by atoms with E-state index in [0.29, 0.717) is 30.8 Å². The average Bonchev–Trinajstić information content (AvgIpc) is 3.19. The highest BCUT2D eigenvalue weighted by Gasteiger charge is 2.46. The van der Waals surface area contributed by atoms with E-state index in [1.54, 1.807) is 54.0 Å². The molecule has 4 rings (SSSR count). The molecule has 24 heavy (non-hydrogen) atoms. The minimum absolute atomic E-state index is 0.0956. The second kappa shape index (κ2) is 5.52. The van der Waals surface area contributed by atoms with Gasteiger partial charge in [0.15, 0.2) is 5.66 Å². The maximum Gasteiger partial charge on any atom is 0.272 e. The molecule has 0 saturated carbocycles. The van der Waals surface area contributed by atoms with Crippen molar-refractivity contribution in [3.8, 4) is 0 Å². The highest BCUT2D eigenvalue weighted by molar-refractivity contribution is 6.46. The van der Waals surface area contributed by atoms with Crippen LogP contribution in [0.3, 0.4) is 0 Å². The highest BCUT2D eigenvalue weighted by atomic mass is 16.2. The lowest BCUT2D eigenvalue weighted by molar-refractivity contribution is -0.115. The minimum atomic E-state index is -0.729. The molecular weight excluding hydrogens is 306 g/mol. The van der Waals surface area contributed by atoms with Gasteiger partial charge >= 0.3 is 0 Å². The second-order valence-corrected chi connectivity index (χ2v) is 5.90. The standard InChI is InChI=1S/C17H15N5O2/c23-15-14(12-3-7-18-8-4-12)20-17(21-15)5-9-22(11-17)16(24)13-2-1-6-19-10-13/h1-4,6-8,10H,5,9,11H2,(H,21,23). The van der Waals surface area contributed by atoms with Crippen molar-refractivity contribution < 1.29 is 9.59 Å². The summed E-state index contributed by atoms with van der Waals surface area (Å²) in [5.74, 6) is -0.307. The van der Waals surface area contributed by atoms with Gasteiger partial charge in [0, 0.05) is 43.3 Å². The molecule has 120 valence electrons. The van der Waals surface area contributed by atoms with E-state index in [1.165, 1.54) is 0 Å². The number of nitrogens with one attached hydrogen (secondary N) is 1. The third-order valence-corrected chi connectivity index (χ3v) is 4.28. The van der Waals surface area contributed by atoms with E-state index in [-0.39, 0.29) is 11.8 Å². The molecule has 2 aliphatic heterocycles. The molecule has 0 bridgehead atoms. The normalized spacial score (nSPS) is 22.6. The molecule has 7 nitrogen and oxygen atoms in total. The first-order valence-electron chi connectivity index (χ1n) is 7.69. The van der Waals surface area contributed by atoms with Crippen molar-refractivity contribution in [1.82, 2.24) is 20.2 Å². The van der Waals surface area contributed by atoms with Gasteiger partial charge in [-0.3, -0.25) is 19.6 Å². The zero-order valence-electron chi connectivity index (χ0n) is 12.8. The summed E-state index contributed by atoms with van der Waals surface area (Å²) in [6.07, 6.45) is 7.03. The molecule has 2 aliphatic rings. The zero-order chi connectivity index (χ0) is 16.6. The van der Waals surface area contributed by atoms with Crippen molar-refractivity contribution in [3.63, 3.8) is 0 Å². The van der Waals surface area contributed by atoms with Gasteiger partial charge in [0.2, 0.25) is 0 Å². The third-order valence-electron chi connectivity index (χ3n) is 4.28. The number of aliphatic imine (C=N–C) groups is 1. The summed E-state index contributed by atoms with van der Waals surface area (Å²) >= 11 is 0. The molecule has 2 aromatic heterocycles. The molecule has 2 amide bonds. The fraction of sp³-hybridized carbons (Fsp3) is 0.235. The summed E-state index contributed by atoms with van der Waals surface area (Å²) in [5, 5.41) is 2.94. The van der Waals surface area contributed by atoms with E-state index in [4.69, 9.17) is 0 Å². The highest BCUT2D eigenvalue weighted by Crippen LogP contribution is 2.28. The molecule has 0 radical (unpaired) electrons. The van der Waals surface area contributed by atoms with E-state index in [1.807, 2.05) is 0 Å². The number of pyridine rings is 2. The second-order valence-electron chi connectivity index (χ2n) is 5.90. The third kappa shape index (κ3) is 2.44. The van der Waals surface area contributed by atoms with Gasteiger partial charge in [0.1, 0.15) is 5.71 Å². The molecule has 1 N–H and O–H groups in total. The van der Waals surface area contributed by atoms with E-state index in [0.717, 1.165) is 5.56 Å². The molecule has 1 atom stereocenters. The van der Waals surface area contributed by atoms with Crippen LogP contribution in [0.25, 0.3) is 0 Å². The van der Waals surface area contributed by atoms with Crippen LogP contribution in [-0.4, -0.2) is 51.1 Å². The topological polar surface area (TPSA) is 87.5 Å². The van der Waals surface area contributed by atoms with Crippen LogP contribution in [0.2, 0.25) is 0 Å². The van der Waals surface area contributed by atoms with Crippen LogP contribution in [0.1, 0.15) is 22.3 Å². The van der Waals surface area contributed by atoms with Gasteiger partial charge in [0.05, 0.1) is 12.1 Å². The minimum Gasteiger partial charge on any atom is -0.334 e. The van der Waals surface area contributed by atoms with Gasteiger partial charge in [-0.1, -0.05) is 0 Å². The summed E-state index contributed by atoms with van der Waals surface area (Å²) in [6.45, 7) is 0.905. The Morgan fingerprint density at radius 3 is 2.75 bits per heavy atom. The number of aromatic nitrogens is 2. The van der Waals surface area contributed by atoms with Crippen molar-refractivity contribution >= 4 is 17.5 Å². The smallest absolute Gasteiger partial charge is 0.272 e. The van der Waals surface area contributed by atoms with E-state index in [2.05, 4.69) is 20.3 Å². The largest absolute Gasteiger partial charge is 0.334 e. The van der Waals surface area contributed by atoms with Crippen LogP contribution >= 0.6 is 0 Å². The number of hydrogen-bond donors (Lipinski definition) is 1. The number of nitrogens with zero attached hydrogens (tertiary/aromatic N) is 4. The summed E-state index contributed by atoms with van der Waals surface area (Å²) < 4.78 is 0. The lowest BCUT2D eigenvalue weighted by Gasteiger charge is -2.21. The summed E-state index contributed by atoms with van der Waals surface area (Å²) in [5.41, 5.74) is 0.940. The van der Waals surface area contributed by atoms with Crippen molar-refractivity contribution in [3.05, 3.63) is 60.2 Å². The molecular formula is C17H15N5O2. The predicted molar refractivity (Wildman–Crippen MR) is 86.4 cm³/mol. The maximum absolute atomic E-state index is 12.5. The van der Waals surface area contributed by atoms with E-state index >= 15 is 0 Å². The number of amides is 2. The fourth-order valence-corrected chi connectivity index (χ4v) is 3.10. The summed E-state index contributed by atoms with van der Waals surface area (Å²) in [6, 6.07) is 6.98. The average molecular weight is 321 g/mol. The Morgan fingerprint density at radius 2 is 2.00 bits per heavy atom. The molecule has 1 fully saturated rings. The number of likely N-dealkylation sites (tertiary alicyclic amines) is 1. The first-order valence-corrected chi connectivity index (χ1v) is 7.69. The Kier molecular flexibility index (Phi) is 3.34. The molecule has 1 unspecified atom stereocenters. The van der Waals surface area contributed by atoms with E-state index < -0.39 is 5.66 Å². The quantitative estimate of drug-likeness (QED) is 0.879. The lowest BCUT2D eigenvalue weighted by atomic mass is 10.1. The maximum atomic E-state index is 12.5. The molecule has 0 aliphatic carbocycles. The monoisotopic (exact) mass is 321 g/mol. The van der Waals surface area contributed by atoms with Crippen LogP contribution in [0.5, 0.6) is 0 Å². The van der Waals surface area contributed by atoms with Gasteiger partial charge in [0.25, 0.3) is 11.8 Å². The Bertz CT molecular complexity index is 821. The van der Waals surface area contributed by atoms with Gasteiger partial charge < -0.3 is 10.2 Å². The molecule has 4 heterocycles. The van der Waals surface area contributed by atoms with Crippen molar-refractivity contribution in [1.29, 1.82) is 0 Å². The van der Waals surface area contributed by atoms with Crippen molar-refractivity contribution in [2.75, 3.05) is 13.1 Å². The van der Waals surface area contributed by atoms with E-state index in [9.17, 15) is 9.59 Å². The lowest BCUT2D eigenvalue weighted by Crippen LogP contribution is -2.45. The first-order chi connectivity index (χ1) is 11.7. The van der Waals surface area contributed by atoms with Crippen LogP contribution in [0, 0.1) is 0 Å². The number of carbonyl (C=O) groups is 2. The van der Waals surface area contributed by atoms with Gasteiger partial charge in [-0.15, -0.1) is 0 Å². The summed E-state index contributed by atoms with van der Waals surface area (Å²) in [4.78, 5) is 39.1. The molecule has 2 aromatic rings. The molecule has 7 heteroatoms. The van der Waals surface area contributed by atoms with Crippen molar-refractivity contribution in [2.24, 2.45) is 4.99 Å².